The molecule has 5 nitrogen and oxygen atoms in total. The zero-order chi connectivity index (χ0) is 16.0. The predicted molar refractivity (Wildman–Crippen MR) is 82.8 cm³/mol. The van der Waals surface area contributed by atoms with E-state index in [-0.39, 0.29) is 24.7 Å². The lowest BCUT2D eigenvalue weighted by Crippen LogP contribution is -2.53. The van der Waals surface area contributed by atoms with Crippen LogP contribution in [0.15, 0.2) is 24.3 Å². The first-order chi connectivity index (χ1) is 11.2. The molecule has 4 rings (SSSR count). The average Bonchev–Trinajstić information content (AvgIpc) is 2.85. The normalized spacial score (nSPS) is 34.5. The standard InChI is InChI=1S/C18H21NO4/c1-2-22-17(21)14-16(20)19-15-11-7-3-4-8-12(11)23-13-9-5-6-10-18(13,14)15/h3-4,7-8,13-15H,2,5-6,9-10H2,1H3,(H,19,20)/t13-,14+,15-,18+/m1/s1. The maximum atomic E-state index is 12.6. The molecular formula is C18H21NO4. The van der Waals surface area contributed by atoms with Gasteiger partial charge >= 0.3 is 5.97 Å². The molecular weight excluding hydrogens is 294 g/mol. The zero-order valence-electron chi connectivity index (χ0n) is 13.2. The summed E-state index contributed by atoms with van der Waals surface area (Å²) in [4.78, 5) is 25.2. The van der Waals surface area contributed by atoms with Crippen molar-refractivity contribution in [2.24, 2.45) is 11.3 Å². The second-order valence-corrected chi connectivity index (χ2v) is 6.63. The number of hydrogen-bond donors (Lipinski definition) is 1. The highest BCUT2D eigenvalue weighted by Gasteiger charge is 2.66. The van der Waals surface area contributed by atoms with Crippen molar-refractivity contribution in [2.45, 2.75) is 44.8 Å². The quantitative estimate of drug-likeness (QED) is 0.672. The summed E-state index contributed by atoms with van der Waals surface area (Å²) in [6.45, 7) is 2.05. The highest BCUT2D eigenvalue weighted by atomic mass is 16.5. The number of benzene rings is 1. The smallest absolute Gasteiger partial charge is 0.319 e. The molecule has 2 fully saturated rings. The highest BCUT2D eigenvalue weighted by Crippen LogP contribution is 2.60. The van der Waals surface area contributed by atoms with Gasteiger partial charge in [-0.15, -0.1) is 0 Å². The van der Waals surface area contributed by atoms with Crippen molar-refractivity contribution >= 4 is 11.9 Å². The Kier molecular flexibility index (Phi) is 3.32. The van der Waals surface area contributed by atoms with Crippen molar-refractivity contribution in [1.82, 2.24) is 5.32 Å². The number of hydrogen-bond acceptors (Lipinski definition) is 4. The van der Waals surface area contributed by atoms with Gasteiger partial charge in [0.25, 0.3) is 0 Å². The number of carbonyl (C=O) groups excluding carboxylic acids is 2. The largest absolute Gasteiger partial charge is 0.489 e. The van der Waals surface area contributed by atoms with Crippen molar-refractivity contribution in [2.75, 3.05) is 6.61 Å². The maximum Gasteiger partial charge on any atom is 0.319 e. The van der Waals surface area contributed by atoms with Gasteiger partial charge < -0.3 is 14.8 Å². The van der Waals surface area contributed by atoms with Gasteiger partial charge in [0.2, 0.25) is 5.91 Å². The van der Waals surface area contributed by atoms with Gasteiger partial charge in [-0.25, -0.2) is 0 Å². The van der Waals surface area contributed by atoms with Crippen LogP contribution in [-0.4, -0.2) is 24.6 Å². The minimum Gasteiger partial charge on any atom is -0.489 e. The van der Waals surface area contributed by atoms with E-state index in [1.807, 2.05) is 24.3 Å². The highest BCUT2D eigenvalue weighted by molar-refractivity contribution is 6.01. The van der Waals surface area contributed by atoms with E-state index in [0.29, 0.717) is 0 Å². The molecule has 122 valence electrons. The summed E-state index contributed by atoms with van der Waals surface area (Å²) in [5.74, 6) is -0.584. The molecule has 0 aromatic heterocycles. The van der Waals surface area contributed by atoms with Crippen LogP contribution in [0.5, 0.6) is 5.75 Å². The Morgan fingerprint density at radius 3 is 3.04 bits per heavy atom. The topological polar surface area (TPSA) is 64.6 Å². The fourth-order valence-corrected chi connectivity index (χ4v) is 4.69. The first kappa shape index (κ1) is 14.5. The van der Waals surface area contributed by atoms with E-state index >= 15 is 0 Å². The van der Waals surface area contributed by atoms with Gasteiger partial charge in [0.1, 0.15) is 17.8 Å². The molecule has 2 aliphatic heterocycles. The minimum absolute atomic E-state index is 0.121. The molecule has 0 bridgehead atoms. The van der Waals surface area contributed by atoms with Crippen LogP contribution in [0.3, 0.4) is 0 Å². The van der Waals surface area contributed by atoms with Gasteiger partial charge in [-0.3, -0.25) is 9.59 Å². The molecule has 3 aliphatic rings. The summed E-state index contributed by atoms with van der Waals surface area (Å²) in [5, 5.41) is 3.07. The van der Waals surface area contributed by atoms with Crippen molar-refractivity contribution in [1.29, 1.82) is 0 Å². The number of para-hydroxylation sites is 1. The van der Waals surface area contributed by atoms with Crippen LogP contribution in [-0.2, 0) is 14.3 Å². The molecule has 1 aliphatic carbocycles. The molecule has 1 N–H and O–H groups in total. The molecule has 1 saturated heterocycles. The fraction of sp³-hybridized carbons (Fsp3) is 0.556. The van der Waals surface area contributed by atoms with E-state index in [9.17, 15) is 9.59 Å². The Bertz CT molecular complexity index is 658. The van der Waals surface area contributed by atoms with Gasteiger partial charge in [0, 0.05) is 5.56 Å². The average molecular weight is 315 g/mol. The number of amides is 1. The Morgan fingerprint density at radius 1 is 1.39 bits per heavy atom. The van der Waals surface area contributed by atoms with Gasteiger partial charge in [-0.2, -0.15) is 0 Å². The van der Waals surface area contributed by atoms with Crippen LogP contribution in [0, 0.1) is 11.3 Å². The summed E-state index contributed by atoms with van der Waals surface area (Å²) < 4.78 is 11.5. The molecule has 1 aromatic carbocycles. The summed E-state index contributed by atoms with van der Waals surface area (Å²) in [7, 11) is 0. The SMILES string of the molecule is CCOC(=O)[C@@H]1C(=O)N[C@@H]2c3ccccc3O[C@@H]3CCCC[C@]123. The zero-order valence-corrected chi connectivity index (χ0v) is 13.2. The van der Waals surface area contributed by atoms with Crippen LogP contribution in [0.1, 0.15) is 44.2 Å². The first-order valence-corrected chi connectivity index (χ1v) is 8.41. The minimum atomic E-state index is -0.772. The van der Waals surface area contributed by atoms with E-state index in [4.69, 9.17) is 9.47 Å². The maximum absolute atomic E-state index is 12.6. The molecule has 23 heavy (non-hydrogen) atoms. The summed E-state index contributed by atoms with van der Waals surface area (Å²) in [6.07, 6.45) is 3.62. The number of carbonyl (C=O) groups is 2. The molecule has 0 unspecified atom stereocenters. The van der Waals surface area contributed by atoms with Gasteiger partial charge in [0.15, 0.2) is 0 Å². The summed E-state index contributed by atoms with van der Waals surface area (Å²) in [6, 6.07) is 7.65. The third kappa shape index (κ3) is 1.92. The lowest BCUT2D eigenvalue weighted by Gasteiger charge is -2.49. The van der Waals surface area contributed by atoms with E-state index in [2.05, 4.69) is 5.32 Å². The van der Waals surface area contributed by atoms with Crippen LogP contribution in [0.4, 0.5) is 0 Å². The molecule has 1 aromatic rings. The molecule has 5 heteroatoms. The lowest BCUT2D eigenvalue weighted by molar-refractivity contribution is -0.161. The molecule has 1 saturated carbocycles. The molecule has 1 amide bonds. The van der Waals surface area contributed by atoms with E-state index in [1.54, 1.807) is 6.92 Å². The third-order valence-corrected chi connectivity index (χ3v) is 5.57. The Labute approximate surface area is 135 Å². The van der Waals surface area contributed by atoms with E-state index < -0.39 is 17.3 Å². The van der Waals surface area contributed by atoms with E-state index in [1.165, 1.54) is 0 Å². The Morgan fingerprint density at radius 2 is 2.22 bits per heavy atom. The summed E-state index contributed by atoms with van der Waals surface area (Å²) >= 11 is 0. The molecule has 2 heterocycles. The van der Waals surface area contributed by atoms with Crippen LogP contribution >= 0.6 is 0 Å². The number of rotatable bonds is 2. The van der Waals surface area contributed by atoms with Crippen molar-refractivity contribution < 1.29 is 19.1 Å². The first-order valence-electron chi connectivity index (χ1n) is 8.41. The van der Waals surface area contributed by atoms with Crippen molar-refractivity contribution in [3.8, 4) is 5.75 Å². The monoisotopic (exact) mass is 315 g/mol. The van der Waals surface area contributed by atoms with Crippen molar-refractivity contribution in [3.63, 3.8) is 0 Å². The fourth-order valence-electron chi connectivity index (χ4n) is 4.69. The van der Waals surface area contributed by atoms with Gasteiger partial charge in [-0.1, -0.05) is 24.6 Å². The molecule has 0 radical (unpaired) electrons. The van der Waals surface area contributed by atoms with Gasteiger partial charge in [0.05, 0.1) is 18.1 Å². The number of esters is 1. The van der Waals surface area contributed by atoms with Crippen LogP contribution in [0.25, 0.3) is 0 Å². The number of nitrogens with one attached hydrogen (secondary N) is 1. The molecule has 4 atom stereocenters. The third-order valence-electron chi connectivity index (χ3n) is 5.57. The second kappa shape index (κ2) is 5.25. The molecule has 1 spiro atoms. The van der Waals surface area contributed by atoms with Crippen molar-refractivity contribution in [3.05, 3.63) is 29.8 Å². The second-order valence-electron chi connectivity index (χ2n) is 6.63. The van der Waals surface area contributed by atoms with Crippen LogP contribution < -0.4 is 10.1 Å². The van der Waals surface area contributed by atoms with E-state index in [0.717, 1.165) is 37.0 Å². The lowest BCUT2D eigenvalue weighted by atomic mass is 9.59. The predicted octanol–water partition coefficient (Wildman–Crippen LogP) is 2.36. The Hall–Kier alpha value is -2.04. The van der Waals surface area contributed by atoms with Crippen LogP contribution in [0.2, 0.25) is 0 Å². The number of fused-ring (bicyclic) bond motifs is 2. The summed E-state index contributed by atoms with van der Waals surface area (Å²) in [5.41, 5.74) is 0.460. The number of ether oxygens (including phenoxy) is 2. The van der Waals surface area contributed by atoms with Gasteiger partial charge in [-0.05, 0) is 32.3 Å². The Balaban J connectivity index is 1.85.